The van der Waals surface area contributed by atoms with Crippen LogP contribution in [0.5, 0.6) is 0 Å². The Hall–Kier alpha value is -1.41. The number of hydrogen-bond acceptors (Lipinski definition) is 2. The van der Waals surface area contributed by atoms with Gasteiger partial charge in [-0.1, -0.05) is 63.3 Å². The van der Waals surface area contributed by atoms with Crippen LogP contribution in [0.3, 0.4) is 0 Å². The molecule has 104 valence electrons. The van der Waals surface area contributed by atoms with Crippen molar-refractivity contribution in [3.63, 3.8) is 0 Å². The predicted molar refractivity (Wildman–Crippen MR) is 78.8 cm³/mol. The van der Waals surface area contributed by atoms with Crippen LogP contribution in [0.4, 0.5) is 0 Å². The minimum absolute atomic E-state index is 0.111. The number of aldehydes is 1. The Bertz CT molecular complexity index is 382. The Morgan fingerprint density at radius 1 is 1.16 bits per heavy atom. The Morgan fingerprint density at radius 2 is 1.84 bits per heavy atom. The summed E-state index contributed by atoms with van der Waals surface area (Å²) in [5.41, 5.74) is 1.09. The molecule has 2 nitrogen and oxygen atoms in total. The van der Waals surface area contributed by atoms with E-state index in [1.54, 1.807) is 0 Å². The van der Waals surface area contributed by atoms with Gasteiger partial charge in [-0.3, -0.25) is 0 Å². The average Bonchev–Trinajstić information content (AvgIpc) is 2.40. The zero-order chi connectivity index (χ0) is 14.1. The third-order valence-corrected chi connectivity index (χ3v) is 2.98. The molecule has 0 aliphatic heterocycles. The van der Waals surface area contributed by atoms with Crippen molar-refractivity contribution in [1.82, 2.24) is 0 Å². The number of carbonyl (C=O) groups is 1. The van der Waals surface area contributed by atoms with Crippen molar-refractivity contribution in [2.75, 3.05) is 0 Å². The molecule has 1 aromatic carbocycles. The third-order valence-electron chi connectivity index (χ3n) is 2.98. The van der Waals surface area contributed by atoms with Crippen LogP contribution in [0.2, 0.25) is 0 Å². The quantitative estimate of drug-likeness (QED) is 0.521. The van der Waals surface area contributed by atoms with E-state index in [4.69, 9.17) is 4.74 Å². The van der Waals surface area contributed by atoms with Gasteiger partial charge in [0.05, 0.1) is 6.61 Å². The van der Waals surface area contributed by atoms with Gasteiger partial charge in [-0.2, -0.15) is 0 Å². The van der Waals surface area contributed by atoms with Gasteiger partial charge in [-0.05, 0) is 17.9 Å². The molecule has 0 amide bonds. The maximum atomic E-state index is 11.1. The molecule has 0 aliphatic rings. The summed E-state index contributed by atoms with van der Waals surface area (Å²) in [6.07, 6.45) is 5.77. The van der Waals surface area contributed by atoms with Crippen molar-refractivity contribution in [2.24, 2.45) is 11.8 Å². The molecule has 0 aliphatic carbocycles. The van der Waals surface area contributed by atoms with Crippen LogP contribution in [-0.4, -0.2) is 12.4 Å². The zero-order valence-electron chi connectivity index (χ0n) is 12.1. The Labute approximate surface area is 116 Å². The molecule has 19 heavy (non-hydrogen) atoms. The smallest absolute Gasteiger partial charge is 0.149 e. The second-order valence-corrected chi connectivity index (χ2v) is 5.31. The molecule has 0 fully saturated rings. The highest BCUT2D eigenvalue weighted by Gasteiger charge is 2.14. The van der Waals surface area contributed by atoms with E-state index < -0.39 is 0 Å². The fraction of sp³-hybridized carbons (Fsp3) is 0.471. The number of ether oxygens (including phenoxy) is 1. The van der Waals surface area contributed by atoms with Gasteiger partial charge in [-0.25, -0.2) is 0 Å². The first kappa shape index (κ1) is 15.6. The number of allylic oxidation sites excluding steroid dienone is 1. The highest BCUT2D eigenvalue weighted by molar-refractivity contribution is 5.57. The summed E-state index contributed by atoms with van der Waals surface area (Å²) in [6, 6.07) is 9.92. The number of benzene rings is 1. The predicted octanol–water partition coefficient (Wildman–Crippen LogP) is 4.01. The van der Waals surface area contributed by atoms with Gasteiger partial charge in [-0.15, -0.1) is 0 Å². The fourth-order valence-electron chi connectivity index (χ4n) is 1.76. The standard InChI is InChI=1S/C17H24O2/c1-14(2)8-7-9-15(3)17(12-18)19-13-16-10-5-4-6-11-16/h4-7,9-12,14-15,17H,8,13H2,1-3H3/b9-7+/t15-,17+/m1/s1. The average molecular weight is 260 g/mol. The van der Waals surface area contributed by atoms with E-state index >= 15 is 0 Å². The summed E-state index contributed by atoms with van der Waals surface area (Å²) in [5.74, 6) is 0.753. The normalized spacial score (nSPS) is 14.7. The lowest BCUT2D eigenvalue weighted by Crippen LogP contribution is -2.22. The maximum Gasteiger partial charge on any atom is 0.149 e. The van der Waals surface area contributed by atoms with E-state index in [1.165, 1.54) is 0 Å². The second-order valence-electron chi connectivity index (χ2n) is 5.31. The Morgan fingerprint density at radius 3 is 2.42 bits per heavy atom. The molecular formula is C17H24O2. The third kappa shape index (κ3) is 6.35. The molecular weight excluding hydrogens is 236 g/mol. The van der Waals surface area contributed by atoms with Crippen molar-refractivity contribution in [1.29, 1.82) is 0 Å². The second kappa shape index (κ2) is 8.65. The van der Waals surface area contributed by atoms with E-state index in [0.29, 0.717) is 12.5 Å². The monoisotopic (exact) mass is 260 g/mol. The topological polar surface area (TPSA) is 26.3 Å². The highest BCUT2D eigenvalue weighted by atomic mass is 16.5. The van der Waals surface area contributed by atoms with Crippen LogP contribution >= 0.6 is 0 Å². The van der Waals surface area contributed by atoms with Gasteiger partial charge < -0.3 is 9.53 Å². The van der Waals surface area contributed by atoms with Crippen molar-refractivity contribution in [2.45, 2.75) is 39.9 Å². The first-order valence-electron chi connectivity index (χ1n) is 6.91. The van der Waals surface area contributed by atoms with Crippen LogP contribution in [0.25, 0.3) is 0 Å². The minimum Gasteiger partial charge on any atom is -0.365 e. The molecule has 0 radical (unpaired) electrons. The Kier molecular flexibility index (Phi) is 7.12. The van der Waals surface area contributed by atoms with E-state index in [9.17, 15) is 4.79 Å². The van der Waals surface area contributed by atoms with Crippen LogP contribution in [0, 0.1) is 11.8 Å². The molecule has 1 aromatic rings. The highest BCUT2D eigenvalue weighted by Crippen LogP contribution is 2.12. The molecule has 0 saturated carbocycles. The van der Waals surface area contributed by atoms with Crippen molar-refractivity contribution in [3.05, 3.63) is 48.0 Å². The lowest BCUT2D eigenvalue weighted by molar-refractivity contribution is -0.120. The molecule has 0 spiro atoms. The lowest BCUT2D eigenvalue weighted by Gasteiger charge is -2.16. The first-order valence-corrected chi connectivity index (χ1v) is 6.91. The SMILES string of the molecule is CC(C)C/C=C/[C@@H](C)[C@H](C=O)OCc1ccccc1. The van der Waals surface area contributed by atoms with Crippen LogP contribution in [0.15, 0.2) is 42.5 Å². The largest absolute Gasteiger partial charge is 0.365 e. The summed E-state index contributed by atoms with van der Waals surface area (Å²) in [5, 5.41) is 0. The van der Waals surface area contributed by atoms with E-state index in [-0.39, 0.29) is 12.0 Å². The summed E-state index contributed by atoms with van der Waals surface area (Å²) in [6.45, 7) is 6.85. The molecule has 0 unspecified atom stereocenters. The molecule has 0 N–H and O–H groups in total. The number of hydrogen-bond donors (Lipinski definition) is 0. The number of rotatable bonds is 8. The van der Waals surface area contributed by atoms with Crippen LogP contribution in [0.1, 0.15) is 32.8 Å². The van der Waals surface area contributed by atoms with Crippen LogP contribution in [-0.2, 0) is 16.1 Å². The first-order chi connectivity index (χ1) is 9.13. The minimum atomic E-state index is -0.372. The molecule has 0 aromatic heterocycles. The number of carbonyl (C=O) groups excluding carboxylic acids is 1. The molecule has 0 saturated heterocycles. The summed E-state index contributed by atoms with van der Waals surface area (Å²) in [4.78, 5) is 11.1. The van der Waals surface area contributed by atoms with Crippen molar-refractivity contribution in [3.8, 4) is 0 Å². The van der Waals surface area contributed by atoms with Crippen molar-refractivity contribution < 1.29 is 9.53 Å². The molecule has 2 heteroatoms. The summed E-state index contributed by atoms with van der Waals surface area (Å²) >= 11 is 0. The molecule has 0 heterocycles. The van der Waals surface area contributed by atoms with Gasteiger partial charge >= 0.3 is 0 Å². The van der Waals surface area contributed by atoms with E-state index in [2.05, 4.69) is 26.0 Å². The van der Waals surface area contributed by atoms with Gasteiger partial charge in [0, 0.05) is 5.92 Å². The van der Waals surface area contributed by atoms with Gasteiger partial charge in [0.15, 0.2) is 0 Å². The molecule has 1 rings (SSSR count). The zero-order valence-corrected chi connectivity index (χ0v) is 12.1. The van der Waals surface area contributed by atoms with Gasteiger partial charge in [0.25, 0.3) is 0 Å². The summed E-state index contributed by atoms with van der Waals surface area (Å²) < 4.78 is 5.68. The summed E-state index contributed by atoms with van der Waals surface area (Å²) in [7, 11) is 0. The van der Waals surface area contributed by atoms with E-state index in [0.717, 1.165) is 18.3 Å². The lowest BCUT2D eigenvalue weighted by atomic mass is 10.0. The van der Waals surface area contributed by atoms with E-state index in [1.807, 2.05) is 37.3 Å². The van der Waals surface area contributed by atoms with Crippen LogP contribution < -0.4 is 0 Å². The van der Waals surface area contributed by atoms with Gasteiger partial charge in [0.1, 0.15) is 12.4 Å². The molecule has 2 atom stereocenters. The van der Waals surface area contributed by atoms with Crippen molar-refractivity contribution >= 4 is 6.29 Å². The molecule has 0 bridgehead atoms. The maximum absolute atomic E-state index is 11.1. The fourth-order valence-corrected chi connectivity index (χ4v) is 1.76. The Balaban J connectivity index is 2.44. The van der Waals surface area contributed by atoms with Gasteiger partial charge in [0.2, 0.25) is 0 Å².